The Morgan fingerprint density at radius 2 is 1.44 bits per heavy atom. The molecule has 0 spiro atoms. The maximum atomic E-state index is 11.1. The van der Waals surface area contributed by atoms with Gasteiger partial charge in [-0.15, -0.1) is 0 Å². The Balaban J connectivity index is 1.79. The van der Waals surface area contributed by atoms with Gasteiger partial charge in [-0.3, -0.25) is 4.79 Å². The average Bonchev–Trinajstić information content (AvgIpc) is 2.76. The summed E-state index contributed by atoms with van der Waals surface area (Å²) in [5.74, 6) is 0.966. The number of hydrogen-bond donors (Lipinski definition) is 1. The molecule has 0 bridgehead atoms. The fraction of sp³-hybridized carbons (Fsp3) is 0.435. The van der Waals surface area contributed by atoms with E-state index in [-0.39, 0.29) is 0 Å². The maximum Gasteiger partial charge on any atom is 0.306 e. The van der Waals surface area contributed by atoms with Crippen molar-refractivity contribution in [3.05, 3.63) is 49.1 Å². The van der Waals surface area contributed by atoms with Crippen LogP contribution in [-0.4, -0.2) is 57.8 Å². The summed E-state index contributed by atoms with van der Waals surface area (Å²) in [5.41, 5.74) is 0.980. The van der Waals surface area contributed by atoms with E-state index in [1.165, 1.54) is 0 Å². The molecule has 176 valence electrons. The smallest absolute Gasteiger partial charge is 0.306 e. The summed E-state index contributed by atoms with van der Waals surface area (Å²) in [6, 6.07) is 11.4. The molecule has 0 amide bonds. The second-order valence-electron chi connectivity index (χ2n) is 6.97. The number of benzene rings is 2. The Labute approximate surface area is 216 Å². The molecule has 7 nitrogen and oxygen atoms in total. The minimum atomic E-state index is -0.795. The molecule has 0 fully saturated rings. The van der Waals surface area contributed by atoms with Crippen LogP contribution >= 0.6 is 45.2 Å². The molecule has 1 atom stereocenters. The summed E-state index contributed by atoms with van der Waals surface area (Å²) >= 11 is 4.43. The van der Waals surface area contributed by atoms with E-state index < -0.39 is 11.9 Å². The molecule has 2 aromatic rings. The number of aliphatic carboxylic acids is 1. The Morgan fingerprint density at radius 3 is 2.00 bits per heavy atom. The van der Waals surface area contributed by atoms with Crippen molar-refractivity contribution in [1.29, 1.82) is 0 Å². The first-order valence-electron chi connectivity index (χ1n) is 10.2. The van der Waals surface area contributed by atoms with Crippen LogP contribution in [0.2, 0.25) is 0 Å². The highest BCUT2D eigenvalue weighted by Gasteiger charge is 2.15. The van der Waals surface area contributed by atoms with Gasteiger partial charge >= 0.3 is 5.97 Å². The second kappa shape index (κ2) is 14.9. The Morgan fingerprint density at radius 1 is 0.906 bits per heavy atom. The standard InChI is InChI=1S/C23H28I2O7/c1-16(23(26)27)13-17-14-20(24)22(21(25)15-17)32-19-5-3-18(4-6-19)31-12-11-30-10-9-29-8-7-28-2/h3-6,14-16H,7-13H2,1-2H3,(H,26,27). The van der Waals surface area contributed by atoms with Gasteiger partial charge in [0.05, 0.1) is 46.1 Å². The number of carboxylic acid groups (broad SMARTS) is 1. The van der Waals surface area contributed by atoms with Gasteiger partial charge in [-0.25, -0.2) is 0 Å². The summed E-state index contributed by atoms with van der Waals surface area (Å²) in [7, 11) is 1.64. The molecule has 0 saturated carbocycles. The number of carboxylic acids is 1. The number of halogens is 2. The van der Waals surface area contributed by atoms with Crippen LogP contribution in [-0.2, 0) is 25.4 Å². The van der Waals surface area contributed by atoms with E-state index in [0.717, 1.165) is 24.2 Å². The zero-order valence-electron chi connectivity index (χ0n) is 18.1. The Bertz CT molecular complexity index is 820. The van der Waals surface area contributed by atoms with E-state index >= 15 is 0 Å². The van der Waals surface area contributed by atoms with Crippen LogP contribution < -0.4 is 9.47 Å². The largest absolute Gasteiger partial charge is 0.491 e. The zero-order valence-corrected chi connectivity index (χ0v) is 22.5. The van der Waals surface area contributed by atoms with Gasteiger partial charge in [-0.2, -0.15) is 0 Å². The van der Waals surface area contributed by atoms with Gasteiger partial charge in [0, 0.05) is 7.11 Å². The Hall–Kier alpha value is -1.15. The first-order valence-corrected chi connectivity index (χ1v) is 12.3. The highest BCUT2D eigenvalue weighted by molar-refractivity contribution is 14.1. The lowest BCUT2D eigenvalue weighted by atomic mass is 10.0. The molecular weight excluding hydrogens is 642 g/mol. The predicted molar refractivity (Wildman–Crippen MR) is 138 cm³/mol. The van der Waals surface area contributed by atoms with Gasteiger partial charge in [0.2, 0.25) is 0 Å². The average molecular weight is 670 g/mol. The number of ether oxygens (including phenoxy) is 5. The van der Waals surface area contributed by atoms with Gasteiger partial charge in [0.15, 0.2) is 5.75 Å². The lowest BCUT2D eigenvalue weighted by Gasteiger charge is -2.14. The lowest BCUT2D eigenvalue weighted by Crippen LogP contribution is -2.12. The quantitative estimate of drug-likeness (QED) is 0.211. The van der Waals surface area contributed by atoms with E-state index in [1.54, 1.807) is 14.0 Å². The number of rotatable bonds is 15. The summed E-state index contributed by atoms with van der Waals surface area (Å²) in [6.45, 7) is 4.84. The van der Waals surface area contributed by atoms with Crippen LogP contribution in [0.4, 0.5) is 0 Å². The molecule has 1 unspecified atom stereocenters. The van der Waals surface area contributed by atoms with Crippen molar-refractivity contribution >= 4 is 51.2 Å². The molecule has 0 heterocycles. The number of carbonyl (C=O) groups is 1. The summed E-state index contributed by atoms with van der Waals surface area (Å²) in [4.78, 5) is 11.1. The number of hydrogen-bond acceptors (Lipinski definition) is 6. The molecule has 0 saturated heterocycles. The molecule has 9 heteroatoms. The van der Waals surface area contributed by atoms with Crippen LogP contribution in [0.3, 0.4) is 0 Å². The fourth-order valence-electron chi connectivity index (χ4n) is 2.67. The summed E-state index contributed by atoms with van der Waals surface area (Å²) < 4.78 is 29.3. The molecule has 0 radical (unpaired) electrons. The molecule has 0 aliphatic heterocycles. The van der Waals surface area contributed by atoms with Crippen LogP contribution in [0, 0.1) is 13.1 Å². The van der Waals surface area contributed by atoms with Crippen molar-refractivity contribution in [2.75, 3.05) is 46.8 Å². The van der Waals surface area contributed by atoms with Crippen LogP contribution in [0.1, 0.15) is 12.5 Å². The molecule has 0 aromatic heterocycles. The molecule has 2 aromatic carbocycles. The third-order valence-electron chi connectivity index (χ3n) is 4.37. The highest BCUT2D eigenvalue weighted by atomic mass is 127. The van der Waals surface area contributed by atoms with Crippen LogP contribution in [0.5, 0.6) is 17.2 Å². The predicted octanol–water partition coefficient (Wildman–Crippen LogP) is 5.01. The van der Waals surface area contributed by atoms with Crippen molar-refractivity contribution in [3.8, 4) is 17.2 Å². The first-order chi connectivity index (χ1) is 15.4. The zero-order chi connectivity index (χ0) is 23.3. The van der Waals surface area contributed by atoms with E-state index in [4.69, 9.17) is 28.8 Å². The monoisotopic (exact) mass is 670 g/mol. The van der Waals surface area contributed by atoms with E-state index in [1.807, 2.05) is 36.4 Å². The summed E-state index contributed by atoms with van der Waals surface area (Å²) in [5, 5.41) is 9.13. The third-order valence-corrected chi connectivity index (χ3v) is 5.97. The number of methoxy groups -OCH3 is 1. The Kier molecular flexibility index (Phi) is 12.6. The molecule has 1 N–H and O–H groups in total. The van der Waals surface area contributed by atoms with Gasteiger partial charge in [0.25, 0.3) is 0 Å². The lowest BCUT2D eigenvalue weighted by molar-refractivity contribution is -0.141. The van der Waals surface area contributed by atoms with Crippen molar-refractivity contribution in [1.82, 2.24) is 0 Å². The maximum absolute atomic E-state index is 11.1. The van der Waals surface area contributed by atoms with Gasteiger partial charge in [0.1, 0.15) is 18.1 Å². The molecule has 0 aliphatic rings. The van der Waals surface area contributed by atoms with E-state index in [2.05, 4.69) is 45.2 Å². The normalized spacial score (nSPS) is 11.9. The van der Waals surface area contributed by atoms with Crippen molar-refractivity contribution in [2.24, 2.45) is 5.92 Å². The molecular formula is C23H28I2O7. The third kappa shape index (κ3) is 9.77. The fourth-order valence-corrected chi connectivity index (χ4v) is 4.79. The topological polar surface area (TPSA) is 83.5 Å². The van der Waals surface area contributed by atoms with Gasteiger partial charge in [-0.05, 0) is 93.6 Å². The molecule has 2 rings (SSSR count). The van der Waals surface area contributed by atoms with Crippen molar-refractivity contribution < 1.29 is 33.6 Å². The second-order valence-corrected chi connectivity index (χ2v) is 9.30. The SMILES string of the molecule is COCCOCCOCCOc1ccc(Oc2c(I)cc(CC(C)C(=O)O)cc2I)cc1. The summed E-state index contributed by atoms with van der Waals surface area (Å²) in [6.07, 6.45) is 0.484. The highest BCUT2D eigenvalue weighted by Crippen LogP contribution is 2.34. The van der Waals surface area contributed by atoms with Crippen molar-refractivity contribution in [3.63, 3.8) is 0 Å². The minimum absolute atomic E-state index is 0.430. The van der Waals surface area contributed by atoms with Crippen LogP contribution in [0.15, 0.2) is 36.4 Å². The molecule has 32 heavy (non-hydrogen) atoms. The molecule has 0 aliphatic carbocycles. The van der Waals surface area contributed by atoms with Crippen LogP contribution in [0.25, 0.3) is 0 Å². The van der Waals surface area contributed by atoms with Gasteiger partial charge < -0.3 is 28.8 Å². The first kappa shape index (κ1) is 27.1. The van der Waals surface area contributed by atoms with Crippen molar-refractivity contribution in [2.45, 2.75) is 13.3 Å². The van der Waals surface area contributed by atoms with Gasteiger partial charge in [-0.1, -0.05) is 6.92 Å². The van der Waals surface area contributed by atoms with E-state index in [0.29, 0.717) is 51.8 Å². The minimum Gasteiger partial charge on any atom is -0.491 e. The van der Waals surface area contributed by atoms with E-state index in [9.17, 15) is 4.79 Å².